The summed E-state index contributed by atoms with van der Waals surface area (Å²) in [4.78, 5) is 0.522. The van der Waals surface area contributed by atoms with Gasteiger partial charge in [0, 0.05) is 4.83 Å². The van der Waals surface area contributed by atoms with Crippen LogP contribution in [0.2, 0.25) is 0 Å². The molecular formula is C28H32BrN. The van der Waals surface area contributed by atoms with Crippen LogP contribution in [0.4, 0.5) is 0 Å². The fourth-order valence-corrected chi connectivity index (χ4v) is 4.20. The van der Waals surface area contributed by atoms with E-state index in [-0.39, 0.29) is 0 Å². The SMILES string of the molecule is CCC(Br)c1ccccc1.CNCCC=C1c2ccccc2CCc2ccccc21. The van der Waals surface area contributed by atoms with E-state index in [4.69, 9.17) is 0 Å². The Hall–Kier alpha value is -2.16. The molecule has 1 aliphatic rings. The lowest BCUT2D eigenvalue weighted by Crippen LogP contribution is -2.06. The molecule has 0 saturated carbocycles. The van der Waals surface area contributed by atoms with Crippen molar-refractivity contribution in [2.75, 3.05) is 13.6 Å². The summed E-state index contributed by atoms with van der Waals surface area (Å²) in [5, 5.41) is 3.23. The zero-order valence-corrected chi connectivity index (χ0v) is 19.7. The predicted octanol–water partition coefficient (Wildman–Crippen LogP) is 7.36. The number of aryl methyl sites for hydroxylation is 2. The molecule has 30 heavy (non-hydrogen) atoms. The van der Waals surface area contributed by atoms with Gasteiger partial charge in [0.05, 0.1) is 0 Å². The quantitative estimate of drug-likeness (QED) is 0.309. The van der Waals surface area contributed by atoms with Crippen LogP contribution in [0.5, 0.6) is 0 Å². The zero-order chi connectivity index (χ0) is 21.2. The molecule has 1 aliphatic carbocycles. The van der Waals surface area contributed by atoms with Gasteiger partial charge in [-0.2, -0.15) is 0 Å². The van der Waals surface area contributed by atoms with Crippen molar-refractivity contribution in [1.29, 1.82) is 0 Å². The van der Waals surface area contributed by atoms with Gasteiger partial charge in [-0.05, 0) is 72.7 Å². The van der Waals surface area contributed by atoms with Gasteiger partial charge in [-0.1, -0.05) is 108 Å². The molecule has 1 unspecified atom stereocenters. The van der Waals surface area contributed by atoms with Gasteiger partial charge in [-0.15, -0.1) is 0 Å². The minimum absolute atomic E-state index is 0.522. The third-order valence-corrected chi connectivity index (χ3v) is 6.72. The van der Waals surface area contributed by atoms with E-state index < -0.39 is 0 Å². The fourth-order valence-electron chi connectivity index (χ4n) is 3.89. The summed E-state index contributed by atoms with van der Waals surface area (Å²) < 4.78 is 0. The largest absolute Gasteiger partial charge is 0.319 e. The van der Waals surface area contributed by atoms with Crippen LogP contribution in [-0.4, -0.2) is 13.6 Å². The maximum Gasteiger partial charge on any atom is 0.0392 e. The highest BCUT2D eigenvalue weighted by atomic mass is 79.9. The lowest BCUT2D eigenvalue weighted by molar-refractivity contribution is 0.808. The molecule has 0 aromatic heterocycles. The molecule has 1 nitrogen and oxygen atoms in total. The number of nitrogens with one attached hydrogen (secondary N) is 1. The molecule has 0 amide bonds. The van der Waals surface area contributed by atoms with Crippen LogP contribution in [0.25, 0.3) is 5.57 Å². The Labute approximate surface area is 190 Å². The first kappa shape index (κ1) is 22.5. The van der Waals surface area contributed by atoms with Crippen molar-refractivity contribution in [3.8, 4) is 0 Å². The third-order valence-electron chi connectivity index (χ3n) is 5.54. The topological polar surface area (TPSA) is 12.0 Å². The van der Waals surface area contributed by atoms with E-state index in [9.17, 15) is 0 Å². The Morgan fingerprint density at radius 1 is 0.833 bits per heavy atom. The number of fused-ring (bicyclic) bond motifs is 2. The van der Waals surface area contributed by atoms with Crippen molar-refractivity contribution >= 4 is 21.5 Å². The molecule has 0 bridgehead atoms. The van der Waals surface area contributed by atoms with E-state index in [1.165, 1.54) is 33.4 Å². The van der Waals surface area contributed by atoms with Crippen molar-refractivity contribution in [1.82, 2.24) is 5.32 Å². The minimum Gasteiger partial charge on any atom is -0.319 e. The summed E-state index contributed by atoms with van der Waals surface area (Å²) in [6, 6.07) is 28.1. The number of hydrogen-bond acceptors (Lipinski definition) is 1. The highest BCUT2D eigenvalue weighted by Crippen LogP contribution is 2.33. The number of halogens is 1. The summed E-state index contributed by atoms with van der Waals surface area (Å²) in [6.07, 6.45) is 6.87. The molecule has 0 aliphatic heterocycles. The van der Waals surface area contributed by atoms with Crippen molar-refractivity contribution < 1.29 is 0 Å². The Morgan fingerprint density at radius 3 is 1.90 bits per heavy atom. The molecule has 0 radical (unpaired) electrons. The van der Waals surface area contributed by atoms with E-state index in [0.29, 0.717) is 4.83 Å². The maximum absolute atomic E-state index is 3.58. The van der Waals surface area contributed by atoms with Crippen LogP contribution in [0.1, 0.15) is 52.4 Å². The molecule has 4 rings (SSSR count). The van der Waals surface area contributed by atoms with Gasteiger partial charge < -0.3 is 5.32 Å². The van der Waals surface area contributed by atoms with Crippen LogP contribution in [0.15, 0.2) is 84.9 Å². The van der Waals surface area contributed by atoms with E-state index in [1.807, 2.05) is 13.1 Å². The monoisotopic (exact) mass is 461 g/mol. The molecule has 3 aromatic rings. The molecular weight excluding hydrogens is 430 g/mol. The van der Waals surface area contributed by atoms with Crippen LogP contribution >= 0.6 is 15.9 Å². The maximum atomic E-state index is 3.58. The first-order chi connectivity index (χ1) is 14.7. The molecule has 1 atom stereocenters. The standard InChI is InChI=1S/C19H21N.C9H11Br/c1-20-14-6-11-19-17-9-4-2-7-15(17)12-13-16-8-3-5-10-18(16)19;1-2-9(10)8-6-4-3-5-7-8/h2-5,7-11,20H,6,12-14H2,1H3;3-7,9H,2H2,1H3. The smallest absolute Gasteiger partial charge is 0.0392 e. The second-order valence-electron chi connectivity index (χ2n) is 7.61. The minimum atomic E-state index is 0.522. The van der Waals surface area contributed by atoms with Gasteiger partial charge in [0.2, 0.25) is 0 Å². The van der Waals surface area contributed by atoms with Crippen molar-refractivity contribution in [2.45, 2.75) is 37.4 Å². The summed E-state index contributed by atoms with van der Waals surface area (Å²) in [6.45, 7) is 3.19. The second kappa shape index (κ2) is 11.9. The number of hydrogen-bond donors (Lipinski definition) is 1. The Kier molecular flexibility index (Phi) is 8.92. The Morgan fingerprint density at radius 2 is 1.37 bits per heavy atom. The van der Waals surface area contributed by atoms with Crippen molar-refractivity contribution in [3.63, 3.8) is 0 Å². The number of alkyl halides is 1. The van der Waals surface area contributed by atoms with Gasteiger partial charge in [-0.25, -0.2) is 0 Å². The first-order valence-electron chi connectivity index (χ1n) is 10.9. The fraction of sp³-hybridized carbons (Fsp3) is 0.286. The summed E-state index contributed by atoms with van der Waals surface area (Å²) in [5.41, 5.74) is 8.54. The van der Waals surface area contributed by atoms with E-state index >= 15 is 0 Å². The normalized spacial score (nSPS) is 13.2. The molecule has 2 heteroatoms. The Balaban J connectivity index is 0.000000216. The van der Waals surface area contributed by atoms with Gasteiger partial charge in [-0.3, -0.25) is 0 Å². The summed E-state index contributed by atoms with van der Waals surface area (Å²) in [5.74, 6) is 0. The average molecular weight is 462 g/mol. The number of rotatable bonds is 5. The van der Waals surface area contributed by atoms with E-state index in [2.05, 4.69) is 107 Å². The first-order valence-corrected chi connectivity index (χ1v) is 11.9. The van der Waals surface area contributed by atoms with Gasteiger partial charge >= 0.3 is 0 Å². The third kappa shape index (κ3) is 5.93. The lowest BCUT2D eigenvalue weighted by atomic mass is 9.93. The molecule has 0 saturated heterocycles. The van der Waals surface area contributed by atoms with Gasteiger partial charge in [0.1, 0.15) is 0 Å². The molecule has 1 N–H and O–H groups in total. The highest BCUT2D eigenvalue weighted by Gasteiger charge is 2.16. The molecule has 156 valence electrons. The molecule has 3 aromatic carbocycles. The molecule has 0 heterocycles. The highest BCUT2D eigenvalue weighted by molar-refractivity contribution is 9.09. The summed E-state index contributed by atoms with van der Waals surface area (Å²) in [7, 11) is 2.01. The van der Waals surface area contributed by atoms with Crippen molar-refractivity contribution in [2.24, 2.45) is 0 Å². The van der Waals surface area contributed by atoms with Crippen LogP contribution in [0, 0.1) is 0 Å². The van der Waals surface area contributed by atoms with E-state index in [1.54, 1.807) is 0 Å². The zero-order valence-electron chi connectivity index (χ0n) is 18.1. The predicted molar refractivity (Wildman–Crippen MR) is 134 cm³/mol. The lowest BCUT2D eigenvalue weighted by Gasteiger charge is -2.12. The van der Waals surface area contributed by atoms with Crippen LogP contribution < -0.4 is 5.32 Å². The van der Waals surface area contributed by atoms with Crippen molar-refractivity contribution in [3.05, 3.63) is 113 Å². The van der Waals surface area contributed by atoms with Gasteiger partial charge in [0.15, 0.2) is 0 Å². The van der Waals surface area contributed by atoms with Crippen LogP contribution in [-0.2, 0) is 12.8 Å². The van der Waals surface area contributed by atoms with E-state index in [0.717, 1.165) is 32.2 Å². The average Bonchev–Trinajstić information content (AvgIpc) is 2.97. The van der Waals surface area contributed by atoms with Gasteiger partial charge in [0.25, 0.3) is 0 Å². The van der Waals surface area contributed by atoms with Crippen LogP contribution in [0.3, 0.4) is 0 Å². The molecule has 0 fully saturated rings. The number of benzene rings is 3. The Bertz CT molecular complexity index is 896. The second-order valence-corrected chi connectivity index (χ2v) is 8.72. The molecule has 0 spiro atoms. The summed E-state index contributed by atoms with van der Waals surface area (Å²) >= 11 is 3.58.